The van der Waals surface area contributed by atoms with Gasteiger partial charge in [-0.2, -0.15) is 0 Å². The van der Waals surface area contributed by atoms with E-state index in [-0.39, 0.29) is 16.2 Å². The Hall–Kier alpha value is -0.883. The highest BCUT2D eigenvalue weighted by molar-refractivity contribution is 6.74. The molecule has 4 aliphatic carbocycles. The Bertz CT molecular complexity index is 796. The van der Waals surface area contributed by atoms with Crippen LogP contribution in [0.3, 0.4) is 0 Å². The highest BCUT2D eigenvalue weighted by Crippen LogP contribution is 2.69. The summed E-state index contributed by atoms with van der Waals surface area (Å²) in [5, 5.41) is 0.172. The van der Waals surface area contributed by atoms with Crippen molar-refractivity contribution < 1.29 is 18.9 Å². The zero-order valence-electron chi connectivity index (χ0n) is 18.8. The maximum Gasteiger partial charge on any atom is 0.250 e. The van der Waals surface area contributed by atoms with Crippen molar-refractivity contribution >= 4 is 8.32 Å². The first kappa shape index (κ1) is 20.0. The Morgan fingerprint density at radius 3 is 2.41 bits per heavy atom. The third kappa shape index (κ3) is 2.67. The first-order chi connectivity index (χ1) is 13.6. The number of rotatable bonds is 4. The summed E-state index contributed by atoms with van der Waals surface area (Å²) in [4.78, 5) is 11.3. The van der Waals surface area contributed by atoms with E-state index in [4.69, 9.17) is 18.9 Å². The van der Waals surface area contributed by atoms with Crippen molar-refractivity contribution in [2.75, 3.05) is 13.7 Å². The van der Waals surface area contributed by atoms with Gasteiger partial charge in [-0.05, 0) is 79.3 Å². The maximum atomic E-state index is 6.66. The number of hydrogen-bond donors (Lipinski definition) is 0. The van der Waals surface area contributed by atoms with Crippen LogP contribution in [0.2, 0.25) is 18.1 Å². The summed E-state index contributed by atoms with van der Waals surface area (Å²) in [6.07, 6.45) is 4.92. The first-order valence-electron chi connectivity index (χ1n) is 11.3. The van der Waals surface area contributed by atoms with Crippen LogP contribution in [0.1, 0.15) is 52.0 Å². The van der Waals surface area contributed by atoms with Crippen LogP contribution in [-0.2, 0) is 20.1 Å². The van der Waals surface area contributed by atoms with E-state index in [9.17, 15) is 0 Å². The Kier molecular flexibility index (Phi) is 4.37. The van der Waals surface area contributed by atoms with Crippen molar-refractivity contribution in [2.45, 2.75) is 75.8 Å². The maximum absolute atomic E-state index is 6.66. The fourth-order valence-corrected chi connectivity index (χ4v) is 7.69. The van der Waals surface area contributed by atoms with Gasteiger partial charge in [0.05, 0.1) is 0 Å². The lowest BCUT2D eigenvalue weighted by molar-refractivity contribution is -0.524. The fraction of sp³-hybridized carbons (Fsp3) is 0.750. The summed E-state index contributed by atoms with van der Waals surface area (Å²) in [6, 6.07) is 8.77. The van der Waals surface area contributed by atoms with Crippen molar-refractivity contribution in [1.82, 2.24) is 0 Å². The van der Waals surface area contributed by atoms with Crippen LogP contribution < -0.4 is 4.43 Å². The average molecular weight is 417 g/mol. The molecule has 5 aliphatic rings. The molecule has 2 unspecified atom stereocenters. The second-order valence-corrected chi connectivity index (χ2v) is 16.2. The number of hydrogen-bond acceptors (Lipinski definition) is 4. The van der Waals surface area contributed by atoms with Gasteiger partial charge in [0.15, 0.2) is 0 Å². The van der Waals surface area contributed by atoms with Gasteiger partial charge < -0.3 is 9.16 Å². The molecule has 1 heterocycles. The lowest BCUT2D eigenvalue weighted by Crippen LogP contribution is -2.73. The predicted molar refractivity (Wildman–Crippen MR) is 115 cm³/mol. The van der Waals surface area contributed by atoms with Crippen molar-refractivity contribution in [3.05, 3.63) is 29.8 Å². The fourth-order valence-electron chi connectivity index (χ4n) is 6.67. The minimum absolute atomic E-state index is 0.153. The third-order valence-corrected chi connectivity index (χ3v) is 13.4. The van der Waals surface area contributed by atoms with Crippen LogP contribution in [0.15, 0.2) is 24.3 Å². The Balaban J connectivity index is 1.54. The SMILES string of the molecule is COC1(c2cccc(O[Si](C)(C)C(C)(C)C)c2)[C@@H]2C[C@H]3C[C@@H](C2)C2(COO2)[C@@H]1C3. The van der Waals surface area contributed by atoms with Gasteiger partial charge in [-0.15, -0.1) is 0 Å². The van der Waals surface area contributed by atoms with Gasteiger partial charge in [0.2, 0.25) is 8.32 Å². The molecule has 4 nitrogen and oxygen atoms in total. The van der Waals surface area contributed by atoms with Gasteiger partial charge in [-0.3, -0.25) is 0 Å². The van der Waals surface area contributed by atoms with Gasteiger partial charge in [-0.1, -0.05) is 32.9 Å². The molecule has 6 atom stereocenters. The lowest BCUT2D eigenvalue weighted by atomic mass is 9.43. The summed E-state index contributed by atoms with van der Waals surface area (Å²) in [6.45, 7) is 12.2. The normalized spacial score (nSPS) is 40.9. The van der Waals surface area contributed by atoms with Crippen LogP contribution in [0.25, 0.3) is 0 Å². The Labute approximate surface area is 176 Å². The average Bonchev–Trinajstić information content (AvgIpc) is 2.60. The molecular formula is C24H36O4Si. The summed E-state index contributed by atoms with van der Waals surface area (Å²) in [5.74, 6) is 3.32. The van der Waals surface area contributed by atoms with E-state index in [1.165, 1.54) is 31.2 Å². The molecule has 5 fully saturated rings. The predicted octanol–water partition coefficient (Wildman–Crippen LogP) is 5.68. The molecule has 0 radical (unpaired) electrons. The van der Waals surface area contributed by atoms with Gasteiger partial charge in [-0.25, -0.2) is 9.78 Å². The van der Waals surface area contributed by atoms with Crippen LogP contribution in [0.4, 0.5) is 0 Å². The van der Waals surface area contributed by atoms with Crippen molar-refractivity contribution in [3.63, 3.8) is 0 Å². The summed E-state index contributed by atoms with van der Waals surface area (Å²) >= 11 is 0. The number of methoxy groups -OCH3 is 1. The molecule has 1 aromatic rings. The van der Waals surface area contributed by atoms with E-state index in [1.807, 2.05) is 7.11 Å². The minimum atomic E-state index is -1.89. The molecule has 4 saturated carbocycles. The van der Waals surface area contributed by atoms with Crippen LogP contribution in [0, 0.1) is 23.7 Å². The van der Waals surface area contributed by atoms with Gasteiger partial charge >= 0.3 is 0 Å². The molecule has 1 spiro atoms. The second-order valence-electron chi connectivity index (χ2n) is 11.4. The molecule has 1 aliphatic heterocycles. The topological polar surface area (TPSA) is 36.9 Å². The quantitative estimate of drug-likeness (QED) is 0.467. The third-order valence-electron chi connectivity index (χ3n) is 9.08. The van der Waals surface area contributed by atoms with E-state index < -0.39 is 8.32 Å². The highest BCUT2D eigenvalue weighted by Gasteiger charge is 2.72. The smallest absolute Gasteiger partial charge is 0.250 e. The van der Waals surface area contributed by atoms with Crippen LogP contribution in [0.5, 0.6) is 5.75 Å². The largest absolute Gasteiger partial charge is 0.543 e. The molecule has 5 heteroatoms. The Morgan fingerprint density at radius 2 is 1.79 bits per heavy atom. The van der Waals surface area contributed by atoms with Crippen molar-refractivity contribution in [2.24, 2.45) is 23.7 Å². The molecule has 29 heavy (non-hydrogen) atoms. The van der Waals surface area contributed by atoms with Crippen LogP contribution >= 0.6 is 0 Å². The van der Waals surface area contributed by atoms with Gasteiger partial charge in [0, 0.05) is 13.0 Å². The van der Waals surface area contributed by atoms with Crippen molar-refractivity contribution in [1.29, 1.82) is 0 Å². The lowest BCUT2D eigenvalue weighted by Gasteiger charge is -2.69. The molecule has 4 bridgehead atoms. The molecule has 0 N–H and O–H groups in total. The highest BCUT2D eigenvalue weighted by atomic mass is 28.4. The zero-order valence-corrected chi connectivity index (χ0v) is 19.8. The zero-order chi connectivity index (χ0) is 20.7. The van der Waals surface area contributed by atoms with E-state index in [2.05, 4.69) is 58.1 Å². The van der Waals surface area contributed by atoms with E-state index in [1.54, 1.807) is 0 Å². The summed E-state index contributed by atoms with van der Waals surface area (Å²) in [7, 11) is 0.00519. The molecule has 160 valence electrons. The molecule has 1 aromatic carbocycles. The monoisotopic (exact) mass is 416 g/mol. The molecular weight excluding hydrogens is 380 g/mol. The van der Waals surface area contributed by atoms with Crippen molar-refractivity contribution in [3.8, 4) is 5.75 Å². The molecule has 0 amide bonds. The second kappa shape index (κ2) is 6.32. The van der Waals surface area contributed by atoms with E-state index in [0.717, 1.165) is 11.7 Å². The summed E-state index contributed by atoms with van der Waals surface area (Å²) < 4.78 is 13.2. The Morgan fingerprint density at radius 1 is 1.07 bits per heavy atom. The standard InChI is InChI=1S/C24H36O4Si/c1-22(2,3)29(5,6)27-20-9-7-8-17(14-20)24(25-4)19-11-16-10-18(13-19)23(15-26-28-23)21(24)12-16/h7-9,14,16,18-19,21H,10-13,15H2,1-6H3/t16-,18+,19-,21+,23?,24?/m1/s1. The van der Waals surface area contributed by atoms with Crippen LogP contribution in [-0.4, -0.2) is 27.6 Å². The summed E-state index contributed by atoms with van der Waals surface area (Å²) in [5.41, 5.74) is 0.809. The minimum Gasteiger partial charge on any atom is -0.543 e. The van der Waals surface area contributed by atoms with Gasteiger partial charge in [0.1, 0.15) is 23.6 Å². The molecule has 1 saturated heterocycles. The number of benzene rings is 1. The molecule has 0 aromatic heterocycles. The number of ether oxygens (including phenoxy) is 1. The first-order valence-corrected chi connectivity index (χ1v) is 14.2. The van der Waals surface area contributed by atoms with Gasteiger partial charge in [0.25, 0.3) is 0 Å². The van der Waals surface area contributed by atoms with E-state index in [0.29, 0.717) is 24.4 Å². The molecule has 6 rings (SSSR count). The van der Waals surface area contributed by atoms with E-state index >= 15 is 0 Å².